The number of oxazole rings is 1. The van der Waals surface area contributed by atoms with Gasteiger partial charge in [0.05, 0.1) is 12.2 Å². The molecular formula is C26H38IN5O. The van der Waals surface area contributed by atoms with Crippen molar-refractivity contribution in [1.29, 1.82) is 0 Å². The number of nitrogens with one attached hydrogen (secondary N) is 1. The van der Waals surface area contributed by atoms with Crippen LogP contribution in [0.15, 0.2) is 33.7 Å². The Morgan fingerprint density at radius 2 is 1.91 bits per heavy atom. The second kappa shape index (κ2) is 10.3. The number of anilines is 1. The molecule has 0 radical (unpaired) electrons. The van der Waals surface area contributed by atoms with Crippen LogP contribution in [-0.2, 0) is 12.0 Å². The fraction of sp³-hybridized carbons (Fsp3) is 0.615. The van der Waals surface area contributed by atoms with Crippen LogP contribution < -0.4 is 10.2 Å². The monoisotopic (exact) mass is 563 g/mol. The molecule has 3 heterocycles. The summed E-state index contributed by atoms with van der Waals surface area (Å²) in [6.07, 6.45) is 7.70. The van der Waals surface area contributed by atoms with Crippen LogP contribution in [0.1, 0.15) is 61.4 Å². The Morgan fingerprint density at radius 3 is 2.58 bits per heavy atom. The van der Waals surface area contributed by atoms with Gasteiger partial charge in [-0.15, -0.1) is 24.0 Å². The van der Waals surface area contributed by atoms with Crippen LogP contribution in [0.4, 0.5) is 5.69 Å². The molecule has 0 amide bonds. The molecule has 0 atom stereocenters. The summed E-state index contributed by atoms with van der Waals surface area (Å²) in [6, 6.07) is 8.99. The number of aromatic nitrogens is 1. The highest BCUT2D eigenvalue weighted by Gasteiger charge is 2.45. The van der Waals surface area contributed by atoms with Gasteiger partial charge in [-0.05, 0) is 70.2 Å². The zero-order valence-electron chi connectivity index (χ0n) is 20.3. The maximum atomic E-state index is 5.78. The summed E-state index contributed by atoms with van der Waals surface area (Å²) in [6.45, 7) is 9.08. The van der Waals surface area contributed by atoms with E-state index in [1.165, 1.54) is 49.8 Å². The average molecular weight is 564 g/mol. The summed E-state index contributed by atoms with van der Waals surface area (Å²) in [7, 11) is 1.92. The smallest absolute Gasteiger partial charge is 0.208 e. The lowest BCUT2D eigenvalue weighted by atomic mass is 9.81. The Kier molecular flexibility index (Phi) is 7.68. The summed E-state index contributed by atoms with van der Waals surface area (Å²) < 4.78 is 5.78. The second-order valence-electron chi connectivity index (χ2n) is 9.99. The summed E-state index contributed by atoms with van der Waals surface area (Å²) in [5.41, 5.74) is 4.23. The summed E-state index contributed by atoms with van der Waals surface area (Å²) in [5, 5.41) is 3.73. The van der Waals surface area contributed by atoms with Crippen molar-refractivity contribution in [2.24, 2.45) is 10.9 Å². The second-order valence-corrected chi connectivity index (χ2v) is 9.99. The number of aryl methyl sites for hydroxylation is 2. The Balaban J connectivity index is 0.00000259. The van der Waals surface area contributed by atoms with Gasteiger partial charge in [-0.1, -0.05) is 31.0 Å². The van der Waals surface area contributed by atoms with Crippen LogP contribution in [-0.4, -0.2) is 49.1 Å². The van der Waals surface area contributed by atoms with Gasteiger partial charge in [-0.2, -0.15) is 0 Å². The lowest BCUT2D eigenvalue weighted by Gasteiger charge is -2.32. The zero-order valence-corrected chi connectivity index (χ0v) is 22.6. The van der Waals surface area contributed by atoms with E-state index in [4.69, 9.17) is 4.42 Å². The molecule has 33 heavy (non-hydrogen) atoms. The van der Waals surface area contributed by atoms with Crippen LogP contribution in [0.3, 0.4) is 0 Å². The van der Waals surface area contributed by atoms with E-state index < -0.39 is 0 Å². The Labute approximate surface area is 215 Å². The number of likely N-dealkylation sites (tertiary alicyclic amines) is 1. The SMILES string of the molecule is CN=C(NCC1CCN(Cc2nc(C)c(C)o2)CC1)N1CC2(CCCC2)c2ccccc21.I. The number of para-hydroxylation sites is 1. The highest BCUT2D eigenvalue weighted by atomic mass is 127. The lowest BCUT2D eigenvalue weighted by molar-refractivity contribution is 0.164. The van der Waals surface area contributed by atoms with Crippen molar-refractivity contribution in [3.63, 3.8) is 0 Å². The number of benzene rings is 1. The number of hydrogen-bond acceptors (Lipinski definition) is 4. The van der Waals surface area contributed by atoms with E-state index in [1.54, 1.807) is 0 Å². The predicted molar refractivity (Wildman–Crippen MR) is 145 cm³/mol. The lowest BCUT2D eigenvalue weighted by Crippen LogP contribution is -2.46. The maximum absolute atomic E-state index is 5.78. The quantitative estimate of drug-likeness (QED) is 0.322. The standard InChI is InChI=1S/C26H37N5O.HI/c1-19-20(2)32-24(29-19)17-30-14-10-21(11-15-30)16-28-25(27-3)31-18-26(12-6-7-13-26)22-8-4-5-9-23(22)31;/h4-5,8-9,21H,6-7,10-18H2,1-3H3,(H,27,28);1H. The minimum atomic E-state index is 0. The number of fused-ring (bicyclic) bond motifs is 2. The average Bonchev–Trinajstić information content (AvgIpc) is 3.50. The van der Waals surface area contributed by atoms with Gasteiger partial charge in [0.25, 0.3) is 0 Å². The van der Waals surface area contributed by atoms with Gasteiger partial charge in [0.15, 0.2) is 5.96 Å². The van der Waals surface area contributed by atoms with Crippen molar-refractivity contribution in [3.05, 3.63) is 47.2 Å². The van der Waals surface area contributed by atoms with E-state index in [0.29, 0.717) is 11.3 Å². The van der Waals surface area contributed by atoms with Crippen molar-refractivity contribution in [3.8, 4) is 0 Å². The van der Waals surface area contributed by atoms with Gasteiger partial charge in [0, 0.05) is 31.2 Å². The summed E-state index contributed by atoms with van der Waals surface area (Å²) >= 11 is 0. The molecule has 0 unspecified atom stereocenters. The van der Waals surface area contributed by atoms with Gasteiger partial charge in [0.2, 0.25) is 5.89 Å². The fourth-order valence-corrected chi connectivity index (χ4v) is 5.98. The molecule has 5 rings (SSSR count). The molecular weight excluding hydrogens is 525 g/mol. The van der Waals surface area contributed by atoms with E-state index in [1.807, 2.05) is 20.9 Å². The van der Waals surface area contributed by atoms with Gasteiger partial charge < -0.3 is 14.6 Å². The molecule has 2 aliphatic heterocycles. The molecule has 7 heteroatoms. The van der Waals surface area contributed by atoms with Crippen molar-refractivity contribution in [2.75, 3.05) is 38.1 Å². The molecule has 1 aromatic carbocycles. The first-order chi connectivity index (χ1) is 15.6. The van der Waals surface area contributed by atoms with Crippen molar-refractivity contribution < 1.29 is 4.42 Å². The molecule has 0 bridgehead atoms. The van der Waals surface area contributed by atoms with Crippen molar-refractivity contribution >= 4 is 35.6 Å². The summed E-state index contributed by atoms with van der Waals surface area (Å²) in [5.74, 6) is 3.50. The number of guanidine groups is 1. The van der Waals surface area contributed by atoms with Crippen LogP contribution in [0.2, 0.25) is 0 Å². The predicted octanol–water partition coefficient (Wildman–Crippen LogP) is 5.03. The molecule has 1 aliphatic carbocycles. The molecule has 1 N–H and O–H groups in total. The molecule has 180 valence electrons. The highest BCUT2D eigenvalue weighted by Crippen LogP contribution is 2.50. The summed E-state index contributed by atoms with van der Waals surface area (Å²) in [4.78, 5) is 14.2. The van der Waals surface area contributed by atoms with Gasteiger partial charge in [-0.25, -0.2) is 4.98 Å². The Morgan fingerprint density at radius 1 is 1.18 bits per heavy atom. The molecule has 1 aromatic heterocycles. The largest absolute Gasteiger partial charge is 0.444 e. The first kappa shape index (κ1) is 24.5. The van der Waals surface area contributed by atoms with E-state index >= 15 is 0 Å². The highest BCUT2D eigenvalue weighted by molar-refractivity contribution is 14.0. The van der Waals surface area contributed by atoms with Gasteiger partial charge >= 0.3 is 0 Å². The molecule has 2 fully saturated rings. The topological polar surface area (TPSA) is 56.9 Å². The number of hydrogen-bond donors (Lipinski definition) is 1. The first-order valence-electron chi connectivity index (χ1n) is 12.3. The van der Waals surface area contributed by atoms with Crippen LogP contribution in [0, 0.1) is 19.8 Å². The molecule has 6 nitrogen and oxygen atoms in total. The van der Waals surface area contributed by atoms with Crippen LogP contribution in [0.5, 0.6) is 0 Å². The number of nitrogens with zero attached hydrogens (tertiary/aromatic N) is 4. The minimum Gasteiger partial charge on any atom is -0.444 e. The molecule has 2 aromatic rings. The normalized spacial score (nSPS) is 20.8. The minimum absolute atomic E-state index is 0. The maximum Gasteiger partial charge on any atom is 0.208 e. The molecule has 1 saturated heterocycles. The Bertz CT molecular complexity index is 953. The number of rotatable bonds is 4. The third kappa shape index (κ3) is 4.94. The molecule has 3 aliphatic rings. The van der Waals surface area contributed by atoms with Crippen LogP contribution in [0.25, 0.3) is 0 Å². The van der Waals surface area contributed by atoms with Gasteiger partial charge in [-0.3, -0.25) is 9.89 Å². The molecule has 1 saturated carbocycles. The zero-order chi connectivity index (χ0) is 22.1. The molecule has 1 spiro atoms. The van der Waals surface area contributed by atoms with E-state index in [9.17, 15) is 0 Å². The van der Waals surface area contributed by atoms with Crippen LogP contribution >= 0.6 is 24.0 Å². The Hall–Kier alpha value is -1.61. The van der Waals surface area contributed by atoms with Crippen molar-refractivity contribution in [2.45, 2.75) is 64.3 Å². The first-order valence-corrected chi connectivity index (χ1v) is 12.3. The third-order valence-corrected chi connectivity index (χ3v) is 7.94. The third-order valence-electron chi connectivity index (χ3n) is 7.94. The van der Waals surface area contributed by atoms with E-state index in [2.05, 4.69) is 49.4 Å². The fourth-order valence-electron chi connectivity index (χ4n) is 5.98. The van der Waals surface area contributed by atoms with E-state index in [0.717, 1.165) is 56.0 Å². The van der Waals surface area contributed by atoms with Gasteiger partial charge in [0.1, 0.15) is 5.76 Å². The number of halogens is 1. The number of aliphatic imine (C=N–C) groups is 1. The van der Waals surface area contributed by atoms with E-state index in [-0.39, 0.29) is 24.0 Å². The van der Waals surface area contributed by atoms with Crippen molar-refractivity contribution in [1.82, 2.24) is 15.2 Å². The number of piperidine rings is 1.